The lowest BCUT2D eigenvalue weighted by molar-refractivity contribution is -0.154. The predicted molar refractivity (Wildman–Crippen MR) is 126 cm³/mol. The minimum Gasteiger partial charge on any atom is -0.524 e. The molecule has 0 saturated carbocycles. The summed E-state index contributed by atoms with van der Waals surface area (Å²) in [7, 11) is -4.97. The van der Waals surface area contributed by atoms with E-state index in [2.05, 4.69) is 27.7 Å². The molecular formula is C22H45O6PSi. The van der Waals surface area contributed by atoms with E-state index in [1.54, 1.807) is 48.5 Å². The van der Waals surface area contributed by atoms with Crippen LogP contribution in [0.15, 0.2) is 0 Å². The molecule has 0 aliphatic rings. The lowest BCUT2D eigenvalue weighted by Crippen LogP contribution is -2.40. The van der Waals surface area contributed by atoms with Gasteiger partial charge >= 0.3 is 5.97 Å². The molecule has 0 aliphatic carbocycles. The largest absolute Gasteiger partial charge is 0.524 e. The molecule has 0 fully saturated rings. The third-order valence-corrected chi connectivity index (χ3v) is 12.2. The van der Waals surface area contributed by atoms with Gasteiger partial charge in [0.25, 0.3) is 5.97 Å². The fourth-order valence-corrected chi connectivity index (χ4v) is 7.18. The highest BCUT2D eigenvalue weighted by atomic mass is 31.2. The van der Waals surface area contributed by atoms with E-state index in [-0.39, 0.29) is 24.2 Å². The highest BCUT2D eigenvalue weighted by Gasteiger charge is 2.49. The van der Waals surface area contributed by atoms with Gasteiger partial charge in [-0.2, -0.15) is 0 Å². The topological polar surface area (TPSA) is 89.9 Å². The third kappa shape index (κ3) is 7.49. The van der Waals surface area contributed by atoms with Gasteiger partial charge in [0.05, 0.1) is 17.4 Å². The van der Waals surface area contributed by atoms with E-state index in [4.69, 9.17) is 9.16 Å². The Morgan fingerprint density at radius 2 is 1.47 bits per heavy atom. The fraction of sp³-hybridized carbons (Fsp3) is 0.909. The summed E-state index contributed by atoms with van der Waals surface area (Å²) >= 11 is 0. The molecule has 0 amide bonds. The molecule has 0 rings (SSSR count). The highest BCUT2D eigenvalue weighted by Crippen LogP contribution is 2.61. The maximum absolute atomic E-state index is 13.4. The smallest absolute Gasteiger partial charge is 0.311 e. The summed E-state index contributed by atoms with van der Waals surface area (Å²) in [5.74, 6) is -0.405. The average molecular weight is 465 g/mol. The van der Waals surface area contributed by atoms with Gasteiger partial charge in [-0.3, -0.25) is 14.2 Å². The Balaban J connectivity index is 5.40. The summed E-state index contributed by atoms with van der Waals surface area (Å²) in [5, 5.41) is -1.06. The van der Waals surface area contributed by atoms with Gasteiger partial charge in [0, 0.05) is 11.3 Å². The van der Waals surface area contributed by atoms with Gasteiger partial charge in [0.2, 0.25) is 17.1 Å². The molecule has 0 spiro atoms. The second kappa shape index (κ2) is 10.3. The van der Waals surface area contributed by atoms with Crippen molar-refractivity contribution in [3.63, 3.8) is 0 Å². The molecule has 0 aromatic heterocycles. The fourth-order valence-electron chi connectivity index (χ4n) is 3.52. The molecule has 8 heteroatoms. The zero-order valence-corrected chi connectivity index (χ0v) is 23.4. The summed E-state index contributed by atoms with van der Waals surface area (Å²) in [6, 6.07) is 0. The van der Waals surface area contributed by atoms with Crippen molar-refractivity contribution in [1.29, 1.82) is 0 Å². The van der Waals surface area contributed by atoms with Crippen molar-refractivity contribution in [2.75, 3.05) is 12.8 Å². The molecule has 1 unspecified atom stereocenters. The van der Waals surface area contributed by atoms with Crippen LogP contribution in [-0.4, -0.2) is 44.5 Å². The van der Waals surface area contributed by atoms with E-state index >= 15 is 0 Å². The Hall–Kier alpha value is -0.653. The van der Waals surface area contributed by atoms with Gasteiger partial charge in [0.15, 0.2) is 0 Å². The Labute approximate surface area is 186 Å². The van der Waals surface area contributed by atoms with Gasteiger partial charge < -0.3 is 14.1 Å². The van der Waals surface area contributed by atoms with Crippen molar-refractivity contribution in [3.05, 3.63) is 0 Å². The van der Waals surface area contributed by atoms with Gasteiger partial charge in [-0.1, -0.05) is 48.0 Å². The van der Waals surface area contributed by atoms with Crippen molar-refractivity contribution in [2.45, 2.75) is 99.2 Å². The van der Waals surface area contributed by atoms with Gasteiger partial charge in [-0.15, -0.1) is 0 Å². The Morgan fingerprint density at radius 1 is 0.967 bits per heavy atom. The molecule has 0 heterocycles. The summed E-state index contributed by atoms with van der Waals surface area (Å²) in [6.07, 6.45) is 0.913. The van der Waals surface area contributed by atoms with E-state index in [0.717, 1.165) is 6.42 Å². The predicted octanol–water partition coefficient (Wildman–Crippen LogP) is 4.91. The van der Waals surface area contributed by atoms with Crippen LogP contribution in [0.2, 0.25) is 5.04 Å². The molecular weight excluding hydrogens is 419 g/mol. The second-order valence-corrected chi connectivity index (χ2v) is 16.2. The van der Waals surface area contributed by atoms with Crippen molar-refractivity contribution in [1.82, 2.24) is 0 Å². The van der Waals surface area contributed by atoms with E-state index in [1.165, 1.54) is 0 Å². The summed E-state index contributed by atoms with van der Waals surface area (Å²) < 4.78 is 24.3. The van der Waals surface area contributed by atoms with Crippen molar-refractivity contribution in [2.24, 2.45) is 16.7 Å². The van der Waals surface area contributed by atoms with Crippen LogP contribution < -0.4 is 0 Å². The first-order valence-electron chi connectivity index (χ1n) is 10.9. The number of hydrogen-bond donors (Lipinski definition) is 1. The molecule has 0 aliphatic heterocycles. The molecule has 30 heavy (non-hydrogen) atoms. The SMILES string of the molecule is CCOC(=O)C(C)(C)CC(C)(C)P(=O)(O)CC(C)(C)C(=O)O[SiH2][C@@](C)(CC)C(C)C. The zero-order chi connectivity index (χ0) is 24.2. The Kier molecular flexibility index (Phi) is 10.1. The van der Waals surface area contributed by atoms with Gasteiger partial charge in [0.1, 0.15) is 0 Å². The first-order chi connectivity index (χ1) is 13.3. The number of carbonyl (C=O) groups excluding carboxylic acids is 2. The number of rotatable bonds is 12. The van der Waals surface area contributed by atoms with Crippen LogP contribution in [0.1, 0.15) is 89.0 Å². The minimum absolute atomic E-state index is 0.00240. The van der Waals surface area contributed by atoms with Gasteiger partial charge in [-0.05, 0) is 52.0 Å². The van der Waals surface area contributed by atoms with Gasteiger partial charge in [-0.25, -0.2) is 0 Å². The number of esters is 1. The molecule has 0 bridgehead atoms. The van der Waals surface area contributed by atoms with Crippen LogP contribution in [0.5, 0.6) is 0 Å². The molecule has 0 aromatic carbocycles. The number of hydrogen-bond acceptors (Lipinski definition) is 5. The Morgan fingerprint density at radius 3 is 1.87 bits per heavy atom. The van der Waals surface area contributed by atoms with E-state index in [9.17, 15) is 19.0 Å². The van der Waals surface area contributed by atoms with Crippen molar-refractivity contribution >= 4 is 29.1 Å². The minimum atomic E-state index is -3.81. The van der Waals surface area contributed by atoms with Crippen molar-refractivity contribution in [3.8, 4) is 0 Å². The van der Waals surface area contributed by atoms with E-state index < -0.39 is 45.1 Å². The lowest BCUT2D eigenvalue weighted by atomic mass is 9.83. The summed E-state index contributed by atoms with van der Waals surface area (Å²) in [5.41, 5.74) is -2.00. The summed E-state index contributed by atoms with van der Waals surface area (Å²) in [6.45, 7) is 20.6. The maximum Gasteiger partial charge on any atom is 0.311 e. The van der Waals surface area contributed by atoms with Crippen LogP contribution in [0.3, 0.4) is 0 Å². The average Bonchev–Trinajstić information content (AvgIpc) is 2.57. The van der Waals surface area contributed by atoms with Crippen LogP contribution in [-0.2, 0) is 23.3 Å². The summed E-state index contributed by atoms with van der Waals surface area (Å²) in [4.78, 5) is 36.1. The zero-order valence-electron chi connectivity index (χ0n) is 21.0. The third-order valence-electron chi connectivity index (χ3n) is 6.55. The molecule has 0 aromatic rings. The van der Waals surface area contributed by atoms with Crippen LogP contribution in [0.4, 0.5) is 0 Å². The second-order valence-electron chi connectivity index (χ2n) is 11.1. The Bertz CT molecular complexity index is 656. The van der Waals surface area contributed by atoms with Crippen molar-refractivity contribution < 1.29 is 28.2 Å². The lowest BCUT2D eigenvalue weighted by Gasteiger charge is -2.39. The maximum atomic E-state index is 13.4. The van der Waals surface area contributed by atoms with E-state index in [1.807, 2.05) is 0 Å². The van der Waals surface area contributed by atoms with Crippen LogP contribution in [0.25, 0.3) is 0 Å². The number of ether oxygens (including phenoxy) is 1. The molecule has 0 saturated heterocycles. The van der Waals surface area contributed by atoms with E-state index in [0.29, 0.717) is 5.92 Å². The number of carbonyl (C=O) groups is 2. The first kappa shape index (κ1) is 29.3. The molecule has 6 nitrogen and oxygen atoms in total. The normalized spacial score (nSPS) is 17.6. The van der Waals surface area contributed by atoms with Crippen LogP contribution >= 0.6 is 7.37 Å². The monoisotopic (exact) mass is 464 g/mol. The molecule has 2 atom stereocenters. The quantitative estimate of drug-likeness (QED) is 0.251. The highest BCUT2D eigenvalue weighted by molar-refractivity contribution is 7.59. The molecule has 178 valence electrons. The van der Waals surface area contributed by atoms with Crippen LogP contribution in [0, 0.1) is 16.7 Å². The standard InChI is InChI=1S/C22H45O6PSi/c1-12-22(11,16(3)4)30-28-18(24)20(7,8)15-29(25,26)21(9,10)14-19(5,6)17(23)27-13-2/h16H,12-15,30H2,1-11H3,(H,25,26)/t22-/m0/s1. The first-order valence-corrected chi connectivity index (χ1v) is 14.1. The molecule has 1 N–H and O–H groups in total. The molecule has 0 radical (unpaired) electrons.